The highest BCUT2D eigenvalue weighted by Gasteiger charge is 2.24. The highest BCUT2D eigenvalue weighted by molar-refractivity contribution is 7.78. The summed E-state index contributed by atoms with van der Waals surface area (Å²) in [6.45, 7) is 5.62. The fourth-order valence-electron chi connectivity index (χ4n) is 4.59. The third-order valence-electron chi connectivity index (χ3n) is 6.46. The molecule has 0 bridgehead atoms. The number of anilines is 3. The minimum Gasteiger partial charge on any atom is -0.493 e. The van der Waals surface area contributed by atoms with Gasteiger partial charge >= 0.3 is 0 Å². The van der Waals surface area contributed by atoms with Gasteiger partial charge in [-0.3, -0.25) is 0 Å². The van der Waals surface area contributed by atoms with Crippen LogP contribution in [0.2, 0.25) is 5.02 Å². The average Bonchev–Trinajstić information content (AvgIpc) is 2.89. The third-order valence-corrected chi connectivity index (χ3v) is 7.30. The van der Waals surface area contributed by atoms with Crippen LogP contribution in [0.5, 0.6) is 11.5 Å². The van der Waals surface area contributed by atoms with Crippen molar-refractivity contribution in [3.8, 4) is 11.5 Å². The zero-order valence-electron chi connectivity index (χ0n) is 20.7. The molecule has 0 saturated carbocycles. The van der Waals surface area contributed by atoms with Crippen LogP contribution in [-0.2, 0) is 16.8 Å². The summed E-state index contributed by atoms with van der Waals surface area (Å²) in [7, 11) is 3.16. The van der Waals surface area contributed by atoms with E-state index in [4.69, 9.17) is 21.1 Å². The summed E-state index contributed by atoms with van der Waals surface area (Å²) in [6, 6.07) is 17.8. The van der Waals surface area contributed by atoms with Crippen molar-refractivity contribution in [3.05, 3.63) is 76.3 Å². The number of nitrogens with one attached hydrogen (secondary N) is 2. The number of nitrogens with zero attached hydrogens (tertiary/aromatic N) is 1. The topological polar surface area (TPSA) is 83.1 Å². The molecule has 0 aromatic heterocycles. The summed E-state index contributed by atoms with van der Waals surface area (Å²) in [5.41, 5.74) is 5.61. The summed E-state index contributed by atoms with van der Waals surface area (Å²) in [4.78, 5) is 2.36. The highest BCUT2D eigenvalue weighted by Crippen LogP contribution is 2.42. The molecule has 3 aromatic carbocycles. The van der Waals surface area contributed by atoms with E-state index in [9.17, 15) is 8.76 Å². The average molecular weight is 530 g/mol. The molecule has 1 saturated heterocycles. The van der Waals surface area contributed by atoms with Gasteiger partial charge in [-0.05, 0) is 47.0 Å². The van der Waals surface area contributed by atoms with Gasteiger partial charge in [0.05, 0.1) is 25.0 Å². The van der Waals surface area contributed by atoms with Gasteiger partial charge in [-0.2, -0.15) is 0 Å². The van der Waals surface area contributed by atoms with E-state index in [1.54, 1.807) is 14.2 Å². The Morgan fingerprint density at radius 2 is 1.83 bits per heavy atom. The van der Waals surface area contributed by atoms with E-state index in [2.05, 4.69) is 28.5 Å². The molecule has 36 heavy (non-hydrogen) atoms. The number of rotatable bonds is 9. The number of hydrogen-bond acceptors (Lipinski definition) is 6. The first-order chi connectivity index (χ1) is 17.4. The molecule has 1 aliphatic rings. The van der Waals surface area contributed by atoms with Crippen LogP contribution in [-0.4, -0.2) is 49.2 Å². The molecule has 1 fully saturated rings. The number of benzene rings is 3. The van der Waals surface area contributed by atoms with Crippen molar-refractivity contribution in [2.45, 2.75) is 18.6 Å². The van der Waals surface area contributed by atoms with Crippen molar-refractivity contribution in [2.75, 3.05) is 50.6 Å². The Labute approximate surface area is 220 Å². The van der Waals surface area contributed by atoms with Crippen LogP contribution in [0.25, 0.3) is 0 Å². The predicted molar refractivity (Wildman–Crippen MR) is 148 cm³/mol. The molecular formula is C27H32ClN3O4S. The number of para-hydroxylation sites is 1. The van der Waals surface area contributed by atoms with Gasteiger partial charge in [0.1, 0.15) is 0 Å². The minimum atomic E-state index is -2.00. The first-order valence-corrected chi connectivity index (χ1v) is 13.5. The van der Waals surface area contributed by atoms with Crippen LogP contribution in [0.1, 0.15) is 29.5 Å². The van der Waals surface area contributed by atoms with E-state index in [-0.39, 0.29) is 11.7 Å². The summed E-state index contributed by atoms with van der Waals surface area (Å²) >= 11 is 4.55. The van der Waals surface area contributed by atoms with Gasteiger partial charge in [-0.25, -0.2) is 4.21 Å². The Bertz CT molecular complexity index is 1220. The summed E-state index contributed by atoms with van der Waals surface area (Å²) in [5, 5.41) is 7.35. The molecule has 0 amide bonds. The Hall–Kier alpha value is -2.78. The van der Waals surface area contributed by atoms with Crippen molar-refractivity contribution in [3.63, 3.8) is 0 Å². The lowest BCUT2D eigenvalue weighted by atomic mass is 9.89. The molecule has 0 aliphatic carbocycles. The van der Waals surface area contributed by atoms with E-state index >= 15 is 0 Å². The largest absolute Gasteiger partial charge is 0.493 e. The summed E-state index contributed by atoms with van der Waals surface area (Å²) in [5.74, 6) is 1.01. The van der Waals surface area contributed by atoms with Gasteiger partial charge < -0.3 is 29.6 Å². The van der Waals surface area contributed by atoms with Gasteiger partial charge in [-0.1, -0.05) is 42.8 Å². The maximum Gasteiger partial charge on any atom is 0.179 e. The third kappa shape index (κ3) is 5.95. The van der Waals surface area contributed by atoms with Gasteiger partial charge in [0, 0.05) is 49.2 Å². The van der Waals surface area contributed by atoms with E-state index in [0.717, 1.165) is 59.9 Å². The quantitative estimate of drug-likeness (QED) is 0.321. The molecule has 3 N–H and O–H groups in total. The van der Waals surface area contributed by atoms with Gasteiger partial charge in [0.25, 0.3) is 0 Å². The number of halogens is 1. The molecule has 1 aliphatic heterocycles. The lowest BCUT2D eigenvalue weighted by molar-refractivity contribution is 0.354. The zero-order chi connectivity index (χ0) is 25.7. The van der Waals surface area contributed by atoms with Crippen LogP contribution in [0.15, 0.2) is 54.6 Å². The second kappa shape index (κ2) is 12.0. The van der Waals surface area contributed by atoms with Crippen molar-refractivity contribution in [1.29, 1.82) is 0 Å². The lowest BCUT2D eigenvalue weighted by Crippen LogP contribution is -2.44. The Morgan fingerprint density at radius 3 is 2.47 bits per heavy atom. The number of piperazine rings is 1. The maximum absolute atomic E-state index is 11.9. The molecular weight excluding hydrogens is 498 g/mol. The molecule has 0 spiro atoms. The standard InChI is InChI=1S/C27H32ClN3O4S/c1-18(19-14-23(28)27(35-3)26(15-19)34-2)22-13-20(17-36(32)33)24(30-21-7-5-4-6-8-21)16-25(22)31-11-9-29-10-12-31/h4-8,13-16,18,29-30H,9-12,17H2,1-3H3,(H,32,33). The molecule has 2 unspecified atom stereocenters. The number of hydrogen-bond donors (Lipinski definition) is 3. The predicted octanol–water partition coefficient (Wildman–Crippen LogP) is 5.38. The van der Waals surface area contributed by atoms with E-state index in [0.29, 0.717) is 16.5 Å². The molecule has 7 nitrogen and oxygen atoms in total. The van der Waals surface area contributed by atoms with Crippen LogP contribution in [0, 0.1) is 0 Å². The van der Waals surface area contributed by atoms with Gasteiger partial charge in [-0.15, -0.1) is 0 Å². The first kappa shape index (κ1) is 26.3. The van der Waals surface area contributed by atoms with Crippen molar-refractivity contribution in [1.82, 2.24) is 5.32 Å². The van der Waals surface area contributed by atoms with E-state index < -0.39 is 11.1 Å². The number of ether oxygens (including phenoxy) is 2. The Morgan fingerprint density at radius 1 is 1.11 bits per heavy atom. The summed E-state index contributed by atoms with van der Waals surface area (Å²) < 4.78 is 32.7. The molecule has 4 rings (SSSR count). The molecule has 9 heteroatoms. The maximum atomic E-state index is 11.9. The zero-order valence-corrected chi connectivity index (χ0v) is 22.3. The second-order valence-corrected chi connectivity index (χ2v) is 10.1. The number of methoxy groups -OCH3 is 2. The normalized spacial score (nSPS) is 15.3. The smallest absolute Gasteiger partial charge is 0.179 e. The first-order valence-electron chi connectivity index (χ1n) is 11.8. The fourth-order valence-corrected chi connectivity index (χ4v) is 5.39. The second-order valence-electron chi connectivity index (χ2n) is 8.72. The van der Waals surface area contributed by atoms with E-state index in [1.807, 2.05) is 48.5 Å². The van der Waals surface area contributed by atoms with Crippen molar-refractivity contribution >= 4 is 39.7 Å². The molecule has 0 radical (unpaired) electrons. The Balaban J connectivity index is 1.85. The van der Waals surface area contributed by atoms with Crippen LogP contribution in [0.4, 0.5) is 17.1 Å². The summed E-state index contributed by atoms with van der Waals surface area (Å²) in [6.07, 6.45) is 0. The minimum absolute atomic E-state index is 0.0173. The van der Waals surface area contributed by atoms with Crippen LogP contribution in [0.3, 0.4) is 0 Å². The molecule has 3 aromatic rings. The lowest BCUT2D eigenvalue weighted by Gasteiger charge is -2.33. The fraction of sp³-hybridized carbons (Fsp3) is 0.333. The Kier molecular flexibility index (Phi) is 8.74. The van der Waals surface area contributed by atoms with E-state index in [1.165, 1.54) is 0 Å². The van der Waals surface area contributed by atoms with Crippen LogP contribution >= 0.6 is 11.6 Å². The van der Waals surface area contributed by atoms with Gasteiger partial charge in [0.2, 0.25) is 0 Å². The van der Waals surface area contributed by atoms with Crippen LogP contribution < -0.4 is 25.0 Å². The SMILES string of the molecule is COc1cc(C(C)c2cc(CS(=O)O)c(Nc3ccccc3)cc2N2CCNCC2)cc(Cl)c1OC. The highest BCUT2D eigenvalue weighted by atomic mass is 35.5. The van der Waals surface area contributed by atoms with Gasteiger partial charge in [0.15, 0.2) is 22.6 Å². The van der Waals surface area contributed by atoms with Crippen molar-refractivity contribution in [2.24, 2.45) is 0 Å². The molecule has 2 atom stereocenters. The molecule has 1 heterocycles. The monoisotopic (exact) mass is 529 g/mol. The molecule has 192 valence electrons. The van der Waals surface area contributed by atoms with Crippen molar-refractivity contribution < 1.29 is 18.2 Å².